The lowest BCUT2D eigenvalue weighted by Crippen LogP contribution is -2.43. The number of fused-ring (bicyclic) bond motifs is 1. The molecule has 0 radical (unpaired) electrons. The highest BCUT2D eigenvalue weighted by Crippen LogP contribution is 2.45. The van der Waals surface area contributed by atoms with Crippen molar-refractivity contribution in [2.75, 3.05) is 13.1 Å². The third-order valence-electron chi connectivity index (χ3n) is 6.30. The van der Waals surface area contributed by atoms with Crippen molar-refractivity contribution in [1.82, 2.24) is 4.90 Å². The van der Waals surface area contributed by atoms with Gasteiger partial charge in [0, 0.05) is 24.7 Å². The van der Waals surface area contributed by atoms with E-state index in [0.717, 1.165) is 29.2 Å². The zero-order valence-electron chi connectivity index (χ0n) is 15.7. The van der Waals surface area contributed by atoms with Gasteiger partial charge in [-0.1, -0.05) is 55.0 Å². The summed E-state index contributed by atoms with van der Waals surface area (Å²) in [6.45, 7) is 5.83. The van der Waals surface area contributed by atoms with E-state index in [1.165, 1.54) is 18.4 Å². The molecule has 2 aromatic carbocycles. The zero-order chi connectivity index (χ0) is 18.3. The first kappa shape index (κ1) is 17.3. The fourth-order valence-corrected chi connectivity index (χ4v) is 5.17. The van der Waals surface area contributed by atoms with E-state index in [4.69, 9.17) is 5.73 Å². The summed E-state index contributed by atoms with van der Waals surface area (Å²) in [5.41, 5.74) is 10.2. The SMILES string of the molecule is Cc1cccc(-c2ccccc2C(=O)N2C[C@@H]3CC(C)C[C@@H]3[C@H]2CN)c1. The maximum absolute atomic E-state index is 13.5. The molecule has 0 spiro atoms. The van der Waals surface area contributed by atoms with E-state index in [1.807, 2.05) is 18.2 Å². The standard InChI is InChI=1S/C23H28N2O/c1-15-6-5-7-17(10-15)19-8-3-4-9-20(19)23(26)25-14-18-11-16(2)12-21(18)22(25)13-24/h3-10,16,18,21-22H,11-14,24H2,1-2H3/t16?,18-,21-,22+/m0/s1. The summed E-state index contributed by atoms with van der Waals surface area (Å²) in [5, 5.41) is 0. The first-order valence-corrected chi connectivity index (χ1v) is 9.75. The third kappa shape index (κ3) is 2.95. The van der Waals surface area contributed by atoms with Gasteiger partial charge in [-0.3, -0.25) is 4.79 Å². The second-order valence-corrected chi connectivity index (χ2v) is 8.18. The van der Waals surface area contributed by atoms with Gasteiger partial charge >= 0.3 is 0 Å². The van der Waals surface area contributed by atoms with Crippen molar-refractivity contribution in [2.24, 2.45) is 23.5 Å². The molecule has 1 aliphatic heterocycles. The predicted molar refractivity (Wildman–Crippen MR) is 106 cm³/mol. The van der Waals surface area contributed by atoms with Crippen LogP contribution in [0.3, 0.4) is 0 Å². The van der Waals surface area contributed by atoms with Gasteiger partial charge in [-0.15, -0.1) is 0 Å². The van der Waals surface area contributed by atoms with Gasteiger partial charge in [0.25, 0.3) is 5.91 Å². The minimum atomic E-state index is 0.139. The van der Waals surface area contributed by atoms with Crippen LogP contribution in [0.2, 0.25) is 0 Å². The molecule has 2 aromatic rings. The van der Waals surface area contributed by atoms with Crippen molar-refractivity contribution in [3.63, 3.8) is 0 Å². The van der Waals surface area contributed by atoms with Crippen LogP contribution in [0.5, 0.6) is 0 Å². The Bertz CT molecular complexity index is 815. The fraction of sp³-hybridized carbons (Fsp3) is 0.435. The molecule has 1 amide bonds. The van der Waals surface area contributed by atoms with Crippen LogP contribution in [0.25, 0.3) is 11.1 Å². The van der Waals surface area contributed by atoms with Crippen LogP contribution in [0.4, 0.5) is 0 Å². The number of hydrogen-bond acceptors (Lipinski definition) is 2. The van der Waals surface area contributed by atoms with E-state index in [0.29, 0.717) is 18.4 Å². The van der Waals surface area contributed by atoms with E-state index in [1.54, 1.807) is 0 Å². The molecule has 136 valence electrons. The van der Waals surface area contributed by atoms with Crippen LogP contribution < -0.4 is 5.73 Å². The van der Waals surface area contributed by atoms with Crippen molar-refractivity contribution < 1.29 is 4.79 Å². The number of amides is 1. The minimum Gasteiger partial charge on any atom is -0.334 e. The Kier molecular flexibility index (Phi) is 4.58. The third-order valence-corrected chi connectivity index (χ3v) is 6.30. The highest BCUT2D eigenvalue weighted by atomic mass is 16.2. The van der Waals surface area contributed by atoms with Crippen LogP contribution in [0.15, 0.2) is 48.5 Å². The molecule has 1 saturated heterocycles. The number of nitrogens with zero attached hydrogens (tertiary/aromatic N) is 1. The Hall–Kier alpha value is -2.13. The molecule has 4 rings (SSSR count). The summed E-state index contributed by atoms with van der Waals surface area (Å²) in [5.74, 6) is 2.09. The van der Waals surface area contributed by atoms with Gasteiger partial charge in [-0.2, -0.15) is 0 Å². The Morgan fingerprint density at radius 1 is 1.15 bits per heavy atom. The largest absolute Gasteiger partial charge is 0.334 e. The van der Waals surface area contributed by atoms with Gasteiger partial charge in [0.15, 0.2) is 0 Å². The number of nitrogens with two attached hydrogens (primary N) is 1. The molecule has 4 atom stereocenters. The number of carbonyl (C=O) groups excluding carboxylic acids is 1. The summed E-state index contributed by atoms with van der Waals surface area (Å²) in [4.78, 5) is 15.5. The van der Waals surface area contributed by atoms with Gasteiger partial charge in [-0.05, 0) is 54.7 Å². The Balaban J connectivity index is 1.67. The second kappa shape index (κ2) is 6.88. The normalized spacial score (nSPS) is 27.6. The van der Waals surface area contributed by atoms with Crippen molar-refractivity contribution in [3.05, 3.63) is 59.7 Å². The topological polar surface area (TPSA) is 46.3 Å². The zero-order valence-corrected chi connectivity index (χ0v) is 15.7. The lowest BCUT2D eigenvalue weighted by Gasteiger charge is -2.28. The van der Waals surface area contributed by atoms with Crippen LogP contribution in [-0.4, -0.2) is 29.9 Å². The summed E-state index contributed by atoms with van der Waals surface area (Å²) in [7, 11) is 0. The van der Waals surface area contributed by atoms with Gasteiger partial charge in [0.2, 0.25) is 0 Å². The van der Waals surface area contributed by atoms with E-state index in [-0.39, 0.29) is 11.9 Å². The minimum absolute atomic E-state index is 0.139. The molecule has 3 heteroatoms. The predicted octanol–water partition coefficient (Wildman–Crippen LogP) is 4.11. The van der Waals surface area contributed by atoms with E-state index < -0.39 is 0 Å². The van der Waals surface area contributed by atoms with E-state index in [9.17, 15) is 4.79 Å². The lowest BCUT2D eigenvalue weighted by molar-refractivity contribution is 0.0716. The highest BCUT2D eigenvalue weighted by Gasteiger charge is 2.47. The number of carbonyl (C=O) groups is 1. The van der Waals surface area contributed by atoms with Crippen molar-refractivity contribution in [3.8, 4) is 11.1 Å². The average Bonchev–Trinajstić information content (AvgIpc) is 3.16. The smallest absolute Gasteiger partial charge is 0.254 e. The second-order valence-electron chi connectivity index (χ2n) is 8.18. The van der Waals surface area contributed by atoms with Crippen molar-refractivity contribution >= 4 is 5.91 Å². The number of aryl methyl sites for hydroxylation is 1. The summed E-state index contributed by atoms with van der Waals surface area (Å²) in [6, 6.07) is 16.5. The van der Waals surface area contributed by atoms with Crippen LogP contribution in [0.1, 0.15) is 35.7 Å². The summed E-state index contributed by atoms with van der Waals surface area (Å²) < 4.78 is 0. The first-order chi connectivity index (χ1) is 12.6. The van der Waals surface area contributed by atoms with Gasteiger partial charge in [-0.25, -0.2) is 0 Å². The molecule has 26 heavy (non-hydrogen) atoms. The molecule has 2 aliphatic rings. The lowest BCUT2D eigenvalue weighted by atomic mass is 9.93. The van der Waals surface area contributed by atoms with Crippen molar-refractivity contribution in [1.29, 1.82) is 0 Å². The molecule has 0 bridgehead atoms. The number of hydrogen-bond donors (Lipinski definition) is 1. The summed E-state index contributed by atoms with van der Waals surface area (Å²) in [6.07, 6.45) is 2.43. The molecule has 0 aromatic heterocycles. The van der Waals surface area contributed by atoms with Crippen LogP contribution >= 0.6 is 0 Å². The van der Waals surface area contributed by atoms with Gasteiger partial charge in [0.05, 0.1) is 0 Å². The van der Waals surface area contributed by atoms with Gasteiger partial charge in [0.1, 0.15) is 0 Å². The molecule has 1 aliphatic carbocycles. The van der Waals surface area contributed by atoms with Crippen LogP contribution in [0, 0.1) is 24.7 Å². The number of benzene rings is 2. The van der Waals surface area contributed by atoms with E-state index >= 15 is 0 Å². The maximum Gasteiger partial charge on any atom is 0.254 e. The quantitative estimate of drug-likeness (QED) is 0.907. The molecule has 1 heterocycles. The van der Waals surface area contributed by atoms with Gasteiger partial charge < -0.3 is 10.6 Å². The van der Waals surface area contributed by atoms with Crippen LogP contribution in [-0.2, 0) is 0 Å². The fourth-order valence-electron chi connectivity index (χ4n) is 5.17. The molecule has 2 fully saturated rings. The van der Waals surface area contributed by atoms with Crippen molar-refractivity contribution in [2.45, 2.75) is 32.7 Å². The Labute approximate surface area is 156 Å². The maximum atomic E-state index is 13.5. The first-order valence-electron chi connectivity index (χ1n) is 9.75. The molecule has 1 saturated carbocycles. The number of rotatable bonds is 3. The monoisotopic (exact) mass is 348 g/mol. The Morgan fingerprint density at radius 2 is 1.96 bits per heavy atom. The Morgan fingerprint density at radius 3 is 2.73 bits per heavy atom. The molecule has 3 nitrogen and oxygen atoms in total. The average molecular weight is 348 g/mol. The molecular formula is C23H28N2O. The summed E-state index contributed by atoms with van der Waals surface area (Å²) >= 11 is 0. The van der Waals surface area contributed by atoms with E-state index in [2.05, 4.69) is 49.1 Å². The number of likely N-dealkylation sites (tertiary alicyclic amines) is 1. The molecule has 2 N–H and O–H groups in total. The highest BCUT2D eigenvalue weighted by molar-refractivity contribution is 6.01. The molecular weight excluding hydrogens is 320 g/mol. The molecule has 1 unspecified atom stereocenters.